The maximum absolute atomic E-state index is 13.6. The van der Waals surface area contributed by atoms with E-state index in [0.29, 0.717) is 43.5 Å². The lowest BCUT2D eigenvalue weighted by Crippen LogP contribution is -2.50. The van der Waals surface area contributed by atoms with Gasteiger partial charge >= 0.3 is 0 Å². The summed E-state index contributed by atoms with van der Waals surface area (Å²) in [6.07, 6.45) is 4.02. The third kappa shape index (κ3) is 7.76. The molecule has 1 saturated heterocycles. The number of carbonyl (C=O) groups is 4. The second-order valence-electron chi connectivity index (χ2n) is 10.7. The summed E-state index contributed by atoms with van der Waals surface area (Å²) in [4.78, 5) is 53.8. The molecule has 38 heavy (non-hydrogen) atoms. The van der Waals surface area contributed by atoms with Crippen molar-refractivity contribution in [1.29, 1.82) is 0 Å². The zero-order valence-electron chi connectivity index (χ0n) is 22.8. The van der Waals surface area contributed by atoms with E-state index < -0.39 is 23.8 Å². The smallest absolute Gasteiger partial charge is 0.245 e. The lowest BCUT2D eigenvalue weighted by atomic mass is 9.81. The van der Waals surface area contributed by atoms with Crippen LogP contribution in [0.4, 0.5) is 0 Å². The molecular weight excluding hydrogens is 478 g/mol. The maximum atomic E-state index is 13.6. The molecule has 2 aromatic rings. The molecule has 3 N–H and O–H groups in total. The fourth-order valence-electron chi connectivity index (χ4n) is 5.28. The summed E-state index contributed by atoms with van der Waals surface area (Å²) in [5, 5.41) is 2.98. The first-order chi connectivity index (χ1) is 18.2. The Kier molecular flexibility index (Phi) is 10.6. The van der Waals surface area contributed by atoms with E-state index in [9.17, 15) is 19.2 Å². The van der Waals surface area contributed by atoms with Gasteiger partial charge in [0.15, 0.2) is 5.78 Å². The maximum Gasteiger partial charge on any atom is 0.245 e. The summed E-state index contributed by atoms with van der Waals surface area (Å²) >= 11 is 0. The van der Waals surface area contributed by atoms with Crippen LogP contribution in [-0.4, -0.2) is 41.0 Å². The van der Waals surface area contributed by atoms with Gasteiger partial charge in [0.05, 0.1) is 0 Å². The van der Waals surface area contributed by atoms with Crippen LogP contribution in [0.1, 0.15) is 80.8 Å². The fourth-order valence-corrected chi connectivity index (χ4v) is 5.28. The molecule has 0 aliphatic carbocycles. The number of carbonyl (C=O) groups excluding carboxylic acids is 4. The van der Waals surface area contributed by atoms with Gasteiger partial charge in [-0.05, 0) is 49.7 Å². The Morgan fingerprint density at radius 2 is 1.71 bits per heavy atom. The molecule has 0 saturated carbocycles. The van der Waals surface area contributed by atoms with E-state index in [-0.39, 0.29) is 23.5 Å². The van der Waals surface area contributed by atoms with Crippen molar-refractivity contribution in [3.05, 3.63) is 71.3 Å². The number of amides is 3. The van der Waals surface area contributed by atoms with Gasteiger partial charge in [0.1, 0.15) is 6.04 Å². The minimum absolute atomic E-state index is 0.0629. The summed E-state index contributed by atoms with van der Waals surface area (Å²) in [5.74, 6) is -1.84. The van der Waals surface area contributed by atoms with Gasteiger partial charge in [-0.15, -0.1) is 0 Å². The highest BCUT2D eigenvalue weighted by atomic mass is 16.2. The third-order valence-corrected chi connectivity index (χ3v) is 7.21. The molecule has 0 spiro atoms. The molecule has 0 bridgehead atoms. The zero-order valence-corrected chi connectivity index (χ0v) is 22.8. The van der Waals surface area contributed by atoms with Gasteiger partial charge in [-0.25, -0.2) is 0 Å². The Morgan fingerprint density at radius 1 is 1.00 bits per heavy atom. The Hall–Kier alpha value is -3.48. The summed E-state index contributed by atoms with van der Waals surface area (Å²) in [7, 11) is 0. The van der Waals surface area contributed by atoms with Crippen LogP contribution in [0.15, 0.2) is 54.6 Å². The van der Waals surface area contributed by atoms with Gasteiger partial charge in [0, 0.05) is 36.1 Å². The van der Waals surface area contributed by atoms with Crippen LogP contribution in [-0.2, 0) is 20.9 Å². The summed E-state index contributed by atoms with van der Waals surface area (Å²) in [6.45, 7) is 6.93. The van der Waals surface area contributed by atoms with E-state index in [4.69, 9.17) is 5.73 Å². The molecule has 7 heteroatoms. The van der Waals surface area contributed by atoms with E-state index in [1.165, 1.54) is 0 Å². The Morgan fingerprint density at radius 3 is 2.37 bits per heavy atom. The van der Waals surface area contributed by atoms with Gasteiger partial charge in [-0.1, -0.05) is 75.7 Å². The van der Waals surface area contributed by atoms with Gasteiger partial charge in [-0.2, -0.15) is 0 Å². The third-order valence-electron chi connectivity index (χ3n) is 7.21. The molecule has 3 rings (SSSR count). The Bertz CT molecular complexity index is 1120. The molecule has 7 nitrogen and oxygen atoms in total. The van der Waals surface area contributed by atoms with Crippen molar-refractivity contribution in [3.8, 4) is 0 Å². The van der Waals surface area contributed by atoms with Crippen LogP contribution >= 0.6 is 0 Å². The molecule has 2 unspecified atom stereocenters. The standard InChI is InChI=1S/C31H41N3O4/c1-4-11-25(29(32)36)26(18-21(2)3)30(37)33-27-16-8-9-17-34(31(27)38)20-22-12-10-15-24(19-22)28(35)23-13-6-5-7-14-23/h5-7,10,12-15,19,21,25-27H,4,8-9,11,16-18,20H2,1-3H3,(H2,32,36)(H,33,37)/t25?,26?,27-/m0/s1. The number of hydrogen-bond donors (Lipinski definition) is 2. The fraction of sp³-hybridized carbons (Fsp3) is 0.484. The quantitative estimate of drug-likeness (QED) is 0.403. The summed E-state index contributed by atoms with van der Waals surface area (Å²) < 4.78 is 0. The molecule has 0 radical (unpaired) electrons. The molecule has 1 aliphatic heterocycles. The lowest BCUT2D eigenvalue weighted by molar-refractivity contribution is -0.139. The molecule has 1 fully saturated rings. The predicted octanol–water partition coefficient (Wildman–Crippen LogP) is 4.48. The molecule has 3 amide bonds. The molecule has 1 aliphatic rings. The van der Waals surface area contributed by atoms with Gasteiger partial charge < -0.3 is 16.0 Å². The zero-order chi connectivity index (χ0) is 27.7. The Balaban J connectivity index is 1.74. The number of rotatable bonds is 12. The van der Waals surface area contributed by atoms with Crippen molar-refractivity contribution in [2.24, 2.45) is 23.5 Å². The van der Waals surface area contributed by atoms with Crippen LogP contribution in [0.3, 0.4) is 0 Å². The summed E-state index contributed by atoms with van der Waals surface area (Å²) in [5.41, 5.74) is 7.74. The Labute approximate surface area is 226 Å². The first kappa shape index (κ1) is 29.1. The van der Waals surface area contributed by atoms with Crippen molar-refractivity contribution in [3.63, 3.8) is 0 Å². The first-order valence-electron chi connectivity index (χ1n) is 13.8. The number of nitrogens with two attached hydrogens (primary N) is 1. The highest BCUT2D eigenvalue weighted by Crippen LogP contribution is 2.26. The number of nitrogens with one attached hydrogen (secondary N) is 1. The molecule has 0 aromatic heterocycles. The average molecular weight is 520 g/mol. The number of primary amides is 1. The normalized spacial score (nSPS) is 17.5. The SMILES string of the molecule is CCCC(C(N)=O)C(CC(C)C)C(=O)N[C@H]1CCCCN(Cc2cccc(C(=O)c3ccccc3)c2)C1=O. The van der Waals surface area contributed by atoms with E-state index in [1.54, 1.807) is 23.1 Å². The van der Waals surface area contributed by atoms with Crippen molar-refractivity contribution in [1.82, 2.24) is 10.2 Å². The van der Waals surface area contributed by atoms with E-state index in [1.807, 2.05) is 57.2 Å². The van der Waals surface area contributed by atoms with Gasteiger partial charge in [0.2, 0.25) is 17.7 Å². The number of benzene rings is 2. The molecule has 3 atom stereocenters. The van der Waals surface area contributed by atoms with Crippen LogP contribution in [0.2, 0.25) is 0 Å². The highest BCUT2D eigenvalue weighted by Gasteiger charge is 2.35. The molecule has 204 valence electrons. The second-order valence-corrected chi connectivity index (χ2v) is 10.7. The van der Waals surface area contributed by atoms with Gasteiger partial charge in [0.25, 0.3) is 0 Å². The van der Waals surface area contributed by atoms with Crippen LogP contribution in [0, 0.1) is 17.8 Å². The summed E-state index contributed by atoms with van der Waals surface area (Å²) in [6, 6.07) is 15.8. The van der Waals surface area contributed by atoms with Crippen LogP contribution < -0.4 is 11.1 Å². The second kappa shape index (κ2) is 13.9. The van der Waals surface area contributed by atoms with Crippen LogP contribution in [0.5, 0.6) is 0 Å². The monoisotopic (exact) mass is 519 g/mol. The largest absolute Gasteiger partial charge is 0.369 e. The number of nitrogens with zero attached hydrogens (tertiary/aromatic N) is 1. The topological polar surface area (TPSA) is 110 Å². The van der Waals surface area contributed by atoms with Gasteiger partial charge in [-0.3, -0.25) is 19.2 Å². The molecule has 2 aromatic carbocycles. The van der Waals surface area contributed by atoms with Crippen molar-refractivity contribution in [2.75, 3.05) is 6.54 Å². The number of likely N-dealkylation sites (tertiary alicyclic amines) is 1. The van der Waals surface area contributed by atoms with E-state index >= 15 is 0 Å². The predicted molar refractivity (Wildman–Crippen MR) is 148 cm³/mol. The van der Waals surface area contributed by atoms with E-state index in [0.717, 1.165) is 24.8 Å². The number of hydrogen-bond acceptors (Lipinski definition) is 4. The lowest BCUT2D eigenvalue weighted by Gasteiger charge is -2.29. The minimum atomic E-state index is -0.649. The van der Waals surface area contributed by atoms with Crippen molar-refractivity contribution < 1.29 is 19.2 Å². The van der Waals surface area contributed by atoms with Crippen molar-refractivity contribution in [2.45, 2.75) is 71.9 Å². The number of ketones is 1. The van der Waals surface area contributed by atoms with Crippen molar-refractivity contribution >= 4 is 23.5 Å². The van der Waals surface area contributed by atoms with Crippen LogP contribution in [0.25, 0.3) is 0 Å². The van der Waals surface area contributed by atoms with E-state index in [2.05, 4.69) is 5.32 Å². The molecule has 1 heterocycles. The highest BCUT2D eigenvalue weighted by molar-refractivity contribution is 6.09. The minimum Gasteiger partial charge on any atom is -0.369 e. The first-order valence-corrected chi connectivity index (χ1v) is 13.8. The molecular formula is C31H41N3O4. The average Bonchev–Trinajstić information content (AvgIpc) is 3.07.